The van der Waals surface area contributed by atoms with Gasteiger partial charge in [-0.15, -0.1) is 0 Å². The van der Waals surface area contributed by atoms with Crippen molar-refractivity contribution in [3.05, 3.63) is 47.3 Å². The zero-order chi connectivity index (χ0) is 23.9. The number of nitrogens with one attached hydrogen (secondary N) is 2. The van der Waals surface area contributed by atoms with Crippen molar-refractivity contribution in [1.82, 2.24) is 24.9 Å². The van der Waals surface area contributed by atoms with Gasteiger partial charge in [0.1, 0.15) is 34.3 Å². The lowest BCUT2D eigenvalue weighted by atomic mass is 10.1. The molecule has 170 valence electrons. The molecule has 4 heterocycles. The van der Waals surface area contributed by atoms with E-state index in [4.69, 9.17) is 9.47 Å². The van der Waals surface area contributed by atoms with Crippen LogP contribution in [0.2, 0.25) is 0 Å². The first-order valence-electron chi connectivity index (χ1n) is 10.6. The highest BCUT2D eigenvalue weighted by Crippen LogP contribution is 2.32. The number of hydrogen-bond acceptors (Lipinski definition) is 6. The van der Waals surface area contributed by atoms with Gasteiger partial charge in [0.05, 0.1) is 30.1 Å². The van der Waals surface area contributed by atoms with E-state index in [1.807, 2.05) is 52.8 Å². The number of nitrogens with zero attached hydrogens (tertiary/aromatic N) is 4. The number of fused-ring (bicyclic) bond motifs is 2. The van der Waals surface area contributed by atoms with Crippen LogP contribution in [-0.2, 0) is 4.74 Å². The Hall–Kier alpha value is -4.06. The van der Waals surface area contributed by atoms with Crippen LogP contribution in [0, 0.1) is 18.3 Å². The molecule has 0 aliphatic heterocycles. The van der Waals surface area contributed by atoms with Gasteiger partial charge in [-0.3, -0.25) is 0 Å². The summed E-state index contributed by atoms with van der Waals surface area (Å²) in [6.07, 6.45) is 1.19. The molecule has 0 aliphatic rings. The number of aryl methyl sites for hydroxylation is 1. The van der Waals surface area contributed by atoms with Crippen LogP contribution in [0.5, 0.6) is 5.75 Å². The molecule has 0 radical (unpaired) electrons. The molecule has 9 heteroatoms. The molecule has 2 N–H and O–H groups in total. The van der Waals surface area contributed by atoms with Gasteiger partial charge in [-0.2, -0.15) is 10.4 Å². The number of rotatable bonds is 4. The summed E-state index contributed by atoms with van der Waals surface area (Å²) in [6.45, 7) is 9.27. The van der Waals surface area contributed by atoms with Crippen LogP contribution in [0.15, 0.2) is 30.5 Å². The lowest BCUT2D eigenvalue weighted by Gasteiger charge is -2.21. The number of carbonyl (C=O) groups is 1. The minimum absolute atomic E-state index is 0.332. The summed E-state index contributed by atoms with van der Waals surface area (Å²) in [4.78, 5) is 20.1. The predicted octanol–water partition coefficient (Wildman–Crippen LogP) is 4.65. The number of nitriles is 1. The van der Waals surface area contributed by atoms with Crippen molar-refractivity contribution in [2.75, 3.05) is 7.11 Å². The minimum Gasteiger partial charge on any atom is -0.494 e. The summed E-state index contributed by atoms with van der Waals surface area (Å²) in [6, 6.07) is 9.30. The maximum absolute atomic E-state index is 12.1. The van der Waals surface area contributed by atoms with E-state index in [9.17, 15) is 10.1 Å². The lowest BCUT2D eigenvalue weighted by molar-refractivity contribution is 0.0507. The standard InChI is InChI=1S/C24H26N6O3/c1-13-20(29-30-12-15(11-25)9-19(32-6)21(13)30)18-10-16-7-8-17(27-22(16)28-18)14(2)26-23(31)33-24(3,4)5/h7-10,12,14H,1-6H3,(H,26,31)(H,27,28). The third-order valence-corrected chi connectivity index (χ3v) is 5.21. The minimum atomic E-state index is -0.571. The third kappa shape index (κ3) is 4.32. The summed E-state index contributed by atoms with van der Waals surface area (Å²) in [7, 11) is 1.57. The first kappa shape index (κ1) is 22.1. The molecule has 0 spiro atoms. The third-order valence-electron chi connectivity index (χ3n) is 5.21. The van der Waals surface area contributed by atoms with Crippen LogP contribution in [0.1, 0.15) is 50.6 Å². The molecule has 4 rings (SSSR count). The molecule has 0 saturated carbocycles. The molecule has 0 aromatic carbocycles. The number of ether oxygens (including phenoxy) is 2. The molecule has 4 aromatic rings. The molecule has 1 atom stereocenters. The van der Waals surface area contributed by atoms with E-state index in [2.05, 4.69) is 26.5 Å². The molecule has 9 nitrogen and oxygen atoms in total. The van der Waals surface area contributed by atoms with Gasteiger partial charge in [-0.25, -0.2) is 14.3 Å². The average Bonchev–Trinajstić information content (AvgIpc) is 3.31. The van der Waals surface area contributed by atoms with Crippen molar-refractivity contribution in [2.24, 2.45) is 0 Å². The average molecular weight is 447 g/mol. The predicted molar refractivity (Wildman–Crippen MR) is 124 cm³/mol. The number of H-pyrrole nitrogens is 1. The number of amides is 1. The van der Waals surface area contributed by atoms with Gasteiger partial charge in [-0.05, 0) is 52.8 Å². The summed E-state index contributed by atoms with van der Waals surface area (Å²) in [5, 5.41) is 17.7. The van der Waals surface area contributed by atoms with E-state index < -0.39 is 11.7 Å². The van der Waals surface area contributed by atoms with Gasteiger partial charge >= 0.3 is 6.09 Å². The summed E-state index contributed by atoms with van der Waals surface area (Å²) in [5.41, 5.74) is 4.53. The second-order valence-corrected chi connectivity index (χ2v) is 8.90. The fraction of sp³-hybridized carbons (Fsp3) is 0.333. The van der Waals surface area contributed by atoms with Crippen molar-refractivity contribution >= 4 is 22.6 Å². The molecule has 0 aliphatic carbocycles. The smallest absolute Gasteiger partial charge is 0.408 e. The molecule has 4 aromatic heterocycles. The van der Waals surface area contributed by atoms with Gasteiger partial charge < -0.3 is 19.8 Å². The normalized spacial score (nSPS) is 12.5. The summed E-state index contributed by atoms with van der Waals surface area (Å²) in [5.74, 6) is 0.587. The molecule has 0 fully saturated rings. The molecular weight excluding hydrogens is 420 g/mol. The van der Waals surface area contributed by atoms with Crippen molar-refractivity contribution in [2.45, 2.75) is 46.3 Å². The first-order chi connectivity index (χ1) is 15.6. The molecular formula is C24H26N6O3. The number of aromatic nitrogens is 4. The Morgan fingerprint density at radius 1 is 1.30 bits per heavy atom. The maximum Gasteiger partial charge on any atom is 0.408 e. The number of pyridine rings is 2. The molecule has 33 heavy (non-hydrogen) atoms. The Kier molecular flexibility index (Phi) is 5.46. The van der Waals surface area contributed by atoms with Crippen molar-refractivity contribution in [1.29, 1.82) is 5.26 Å². The summed E-state index contributed by atoms with van der Waals surface area (Å²) >= 11 is 0. The molecule has 1 amide bonds. The van der Waals surface area contributed by atoms with Gasteiger partial charge in [-0.1, -0.05) is 0 Å². The molecule has 0 saturated heterocycles. The monoisotopic (exact) mass is 446 g/mol. The SMILES string of the molecule is COc1cc(C#N)cn2nc(-c3cc4ccc(C(C)NC(=O)OC(C)(C)C)nc4[nH]3)c(C)c12. The number of aromatic amines is 1. The fourth-order valence-corrected chi connectivity index (χ4v) is 3.71. The second kappa shape index (κ2) is 8.13. The van der Waals surface area contributed by atoms with E-state index in [-0.39, 0.29) is 6.04 Å². The van der Waals surface area contributed by atoms with E-state index in [1.165, 1.54) is 0 Å². The quantitative estimate of drug-likeness (QED) is 0.471. The van der Waals surface area contributed by atoms with Crippen LogP contribution in [-0.4, -0.2) is 38.4 Å². The highest BCUT2D eigenvalue weighted by atomic mass is 16.6. The van der Waals surface area contributed by atoms with Crippen molar-refractivity contribution in [3.63, 3.8) is 0 Å². The highest BCUT2D eigenvalue weighted by Gasteiger charge is 2.20. The van der Waals surface area contributed by atoms with E-state index in [1.54, 1.807) is 23.9 Å². The van der Waals surface area contributed by atoms with Gasteiger partial charge in [0.2, 0.25) is 0 Å². The molecule has 1 unspecified atom stereocenters. The van der Waals surface area contributed by atoms with Crippen LogP contribution in [0.25, 0.3) is 27.9 Å². The number of alkyl carbamates (subject to hydrolysis) is 1. The zero-order valence-corrected chi connectivity index (χ0v) is 19.5. The largest absolute Gasteiger partial charge is 0.494 e. The van der Waals surface area contributed by atoms with Gasteiger partial charge in [0.25, 0.3) is 0 Å². The van der Waals surface area contributed by atoms with Crippen LogP contribution < -0.4 is 10.1 Å². The Labute approximate surface area is 191 Å². The second-order valence-electron chi connectivity index (χ2n) is 8.90. The van der Waals surface area contributed by atoms with Crippen LogP contribution >= 0.6 is 0 Å². The van der Waals surface area contributed by atoms with Crippen LogP contribution in [0.3, 0.4) is 0 Å². The topological polar surface area (TPSA) is 117 Å². The Balaban J connectivity index is 1.68. The number of methoxy groups -OCH3 is 1. The fourth-order valence-electron chi connectivity index (χ4n) is 3.71. The van der Waals surface area contributed by atoms with E-state index >= 15 is 0 Å². The number of hydrogen-bond donors (Lipinski definition) is 2. The number of carbonyl (C=O) groups excluding carboxylic acids is 1. The first-order valence-corrected chi connectivity index (χ1v) is 10.6. The molecule has 0 bridgehead atoms. The van der Waals surface area contributed by atoms with E-state index in [0.29, 0.717) is 22.7 Å². The van der Waals surface area contributed by atoms with Crippen LogP contribution in [0.4, 0.5) is 4.79 Å². The Morgan fingerprint density at radius 3 is 2.73 bits per heavy atom. The van der Waals surface area contributed by atoms with Crippen molar-refractivity contribution < 1.29 is 14.3 Å². The maximum atomic E-state index is 12.1. The lowest BCUT2D eigenvalue weighted by Crippen LogP contribution is -2.34. The zero-order valence-electron chi connectivity index (χ0n) is 19.5. The van der Waals surface area contributed by atoms with Gasteiger partial charge in [0, 0.05) is 23.2 Å². The summed E-state index contributed by atoms with van der Waals surface area (Å²) < 4.78 is 12.5. The van der Waals surface area contributed by atoms with Gasteiger partial charge in [0.15, 0.2) is 0 Å². The van der Waals surface area contributed by atoms with E-state index in [0.717, 1.165) is 27.9 Å². The van der Waals surface area contributed by atoms with Crippen molar-refractivity contribution in [3.8, 4) is 23.2 Å². The highest BCUT2D eigenvalue weighted by molar-refractivity contribution is 5.85. The Morgan fingerprint density at radius 2 is 2.06 bits per heavy atom. The Bertz CT molecular complexity index is 1400.